The highest BCUT2D eigenvalue weighted by Gasteiger charge is 2.22. The van der Waals surface area contributed by atoms with Crippen molar-refractivity contribution in [2.75, 3.05) is 42.4 Å². The van der Waals surface area contributed by atoms with Gasteiger partial charge >= 0.3 is 0 Å². The first-order valence-electron chi connectivity index (χ1n) is 16.1. The molecule has 5 aromatic rings. The van der Waals surface area contributed by atoms with Gasteiger partial charge in [-0.1, -0.05) is 37.8 Å². The predicted molar refractivity (Wildman–Crippen MR) is 204 cm³/mol. The summed E-state index contributed by atoms with van der Waals surface area (Å²) in [5.74, 6) is -1.64. The average Bonchev–Trinajstić information content (AvgIpc) is 3.17. The molecule has 0 aromatic heterocycles. The highest BCUT2D eigenvalue weighted by atomic mass is 32.2. The highest BCUT2D eigenvalue weighted by Crippen LogP contribution is 2.44. The van der Waals surface area contributed by atoms with Crippen LogP contribution in [0.15, 0.2) is 128 Å². The smallest absolute Gasteiger partial charge is 0.258 e. The molecule has 53 heavy (non-hydrogen) atoms. The number of sulfone groups is 2. The molecule has 5 aromatic carbocycles. The molecule has 0 bridgehead atoms. The number of methoxy groups -OCH3 is 1. The summed E-state index contributed by atoms with van der Waals surface area (Å²) in [6, 6.07) is 23.9. The van der Waals surface area contributed by atoms with Crippen molar-refractivity contribution in [2.24, 2.45) is 20.5 Å². The summed E-state index contributed by atoms with van der Waals surface area (Å²) in [7, 11) is -4.28. The van der Waals surface area contributed by atoms with Gasteiger partial charge in [0.15, 0.2) is 25.4 Å². The van der Waals surface area contributed by atoms with Gasteiger partial charge < -0.3 is 25.2 Å². The topological polar surface area (TPSA) is 200 Å². The van der Waals surface area contributed by atoms with Crippen molar-refractivity contribution in [1.29, 1.82) is 0 Å². The monoisotopic (exact) mass is 756 g/mol. The summed E-state index contributed by atoms with van der Waals surface area (Å²) in [5.41, 5.74) is 2.04. The maximum Gasteiger partial charge on any atom is 0.258 e. The van der Waals surface area contributed by atoms with E-state index < -0.39 is 31.3 Å². The van der Waals surface area contributed by atoms with E-state index >= 15 is 0 Å². The summed E-state index contributed by atoms with van der Waals surface area (Å²) < 4.78 is 54.4. The first kappa shape index (κ1) is 38.1. The molecular formula is C37H36N6O8S2. The summed E-state index contributed by atoms with van der Waals surface area (Å²) in [4.78, 5) is 14.9. The van der Waals surface area contributed by atoms with Crippen LogP contribution in [0, 0.1) is 0 Å². The molecule has 0 aliphatic rings. The second kappa shape index (κ2) is 16.0. The van der Waals surface area contributed by atoms with E-state index in [9.17, 15) is 31.8 Å². The number of nitrogens with zero attached hydrogens (tertiary/aromatic N) is 5. The number of fused-ring (bicyclic) bond motifs is 1. The van der Waals surface area contributed by atoms with Crippen LogP contribution in [0.1, 0.15) is 17.3 Å². The maximum absolute atomic E-state index is 13.7. The Labute approximate surface area is 306 Å². The number of nitrogens with one attached hydrogen (secondary N) is 1. The summed E-state index contributed by atoms with van der Waals surface area (Å²) in [6.45, 7) is 4.73. The average molecular weight is 757 g/mol. The number of rotatable bonds is 14. The second-order valence-electron chi connectivity index (χ2n) is 11.4. The normalized spacial score (nSPS) is 12.0. The number of azo groups is 2. The van der Waals surface area contributed by atoms with Crippen molar-refractivity contribution in [3.63, 3.8) is 0 Å². The molecule has 0 radical (unpaired) electrons. The van der Waals surface area contributed by atoms with Gasteiger partial charge in [0.2, 0.25) is 0 Å². The van der Waals surface area contributed by atoms with Crippen LogP contribution in [-0.4, -0.2) is 65.2 Å². The fraction of sp³-hybridized carbons (Fsp3) is 0.162. The highest BCUT2D eigenvalue weighted by molar-refractivity contribution is 7.94. The van der Waals surface area contributed by atoms with E-state index in [2.05, 4.69) is 32.4 Å². The van der Waals surface area contributed by atoms with E-state index in [1.165, 1.54) is 31.1 Å². The van der Waals surface area contributed by atoms with Gasteiger partial charge in [-0.05, 0) is 54.6 Å². The Morgan fingerprint density at radius 1 is 0.868 bits per heavy atom. The number of ether oxygens (including phenoxy) is 1. The molecule has 0 aliphatic heterocycles. The molecule has 1 amide bonds. The molecular weight excluding hydrogens is 721 g/mol. The van der Waals surface area contributed by atoms with Crippen LogP contribution in [0.4, 0.5) is 34.1 Å². The van der Waals surface area contributed by atoms with E-state index in [4.69, 9.17) is 4.74 Å². The molecule has 274 valence electrons. The maximum atomic E-state index is 13.7. The lowest BCUT2D eigenvalue weighted by Gasteiger charge is -2.22. The van der Waals surface area contributed by atoms with Gasteiger partial charge in [-0.15, -0.1) is 15.3 Å². The summed E-state index contributed by atoms with van der Waals surface area (Å²) >= 11 is 0. The molecule has 0 fully saturated rings. The molecule has 3 N–H and O–H groups in total. The Balaban J connectivity index is 1.46. The Morgan fingerprint density at radius 2 is 1.58 bits per heavy atom. The minimum absolute atomic E-state index is 0.0154. The molecule has 14 nitrogen and oxygen atoms in total. The zero-order valence-electron chi connectivity index (χ0n) is 29.0. The van der Waals surface area contributed by atoms with Crippen molar-refractivity contribution >= 4 is 70.5 Å². The summed E-state index contributed by atoms with van der Waals surface area (Å²) in [6.07, 6.45) is 0. The second-order valence-corrected chi connectivity index (χ2v) is 15.7. The first-order valence-corrected chi connectivity index (χ1v) is 19.4. The van der Waals surface area contributed by atoms with Crippen molar-refractivity contribution < 1.29 is 36.6 Å². The van der Waals surface area contributed by atoms with E-state index in [-0.39, 0.29) is 51.4 Å². The molecule has 0 spiro atoms. The number of hydrogen-bond donors (Lipinski definition) is 3. The lowest BCUT2D eigenvalue weighted by molar-refractivity contribution is 0.0988. The van der Waals surface area contributed by atoms with Crippen LogP contribution in [0.2, 0.25) is 0 Å². The molecule has 0 unspecified atom stereocenters. The summed E-state index contributed by atoms with van der Waals surface area (Å²) in [5, 5.41) is 43.5. The number of benzene rings is 5. The third-order valence-electron chi connectivity index (χ3n) is 8.16. The van der Waals surface area contributed by atoms with Crippen molar-refractivity contribution in [3.05, 3.63) is 109 Å². The molecule has 16 heteroatoms. The Kier molecular flexibility index (Phi) is 11.5. The zero-order chi connectivity index (χ0) is 38.3. The van der Waals surface area contributed by atoms with Gasteiger partial charge in [-0.2, -0.15) is 5.11 Å². The quantitative estimate of drug-likeness (QED) is 0.0936. The van der Waals surface area contributed by atoms with E-state index in [0.29, 0.717) is 33.5 Å². The number of aromatic hydroxyl groups is 2. The lowest BCUT2D eigenvalue weighted by Crippen LogP contribution is -2.35. The number of carbonyl (C=O) groups excluding carboxylic acids is 1. The first-order chi connectivity index (χ1) is 25.3. The molecule has 0 atom stereocenters. The van der Waals surface area contributed by atoms with Gasteiger partial charge in [0.25, 0.3) is 5.91 Å². The number of para-hydroxylation sites is 1. The van der Waals surface area contributed by atoms with Crippen LogP contribution in [-0.2, 0) is 19.7 Å². The number of amides is 1. The van der Waals surface area contributed by atoms with Crippen LogP contribution in [0.5, 0.6) is 17.2 Å². The fourth-order valence-corrected chi connectivity index (χ4v) is 6.91. The number of hydrogen-bond acceptors (Lipinski definition) is 13. The lowest BCUT2D eigenvalue weighted by atomic mass is 10.1. The Morgan fingerprint density at radius 3 is 2.26 bits per heavy atom. The molecule has 0 saturated heterocycles. The largest absolute Gasteiger partial charge is 0.506 e. The van der Waals surface area contributed by atoms with E-state index in [1.807, 2.05) is 0 Å². The number of carbonyl (C=O) groups is 1. The van der Waals surface area contributed by atoms with Gasteiger partial charge in [-0.3, -0.25) is 4.79 Å². The number of phenolic OH excluding ortho intramolecular Hbond substituents is 2. The predicted octanol–water partition coefficient (Wildman–Crippen LogP) is 8.13. The van der Waals surface area contributed by atoms with E-state index in [1.54, 1.807) is 79.8 Å². The minimum atomic E-state index is -3.70. The van der Waals surface area contributed by atoms with Crippen LogP contribution >= 0.6 is 0 Å². The number of phenols is 2. The molecule has 0 heterocycles. The standard InChI is InChI=1S/C37H36N6O8S2/c1-5-52(47,48)20-19-43(26-13-8-7-9-14-26)37(46)24-11-10-12-25(21-24)39-42-35-27-15-18-30(36(45)28(27)16-17-29(35)38-3)40-41-31-22-33(51-4)34(23-32(31)44)53(49,50)6-2/h5,7-18,21-23,38,44-45H,1,6,19-20H2,2-4H3/b41-40+,42-39+. The van der Waals surface area contributed by atoms with Crippen molar-refractivity contribution in [1.82, 2.24) is 0 Å². The third kappa shape index (κ3) is 8.51. The van der Waals surface area contributed by atoms with Crippen LogP contribution in [0.3, 0.4) is 0 Å². The zero-order valence-corrected chi connectivity index (χ0v) is 30.6. The molecule has 0 aliphatic carbocycles. The van der Waals surface area contributed by atoms with E-state index in [0.717, 1.165) is 11.5 Å². The SMILES string of the molecule is C=CS(=O)(=O)CCN(C(=O)c1cccc(/N=N/c2c(NC)ccc3c(O)c(/N=N/c4cc(OC)c(S(=O)(=O)CC)cc4O)ccc23)c1)c1ccccc1. The fourth-order valence-electron chi connectivity index (χ4n) is 5.26. The minimum Gasteiger partial charge on any atom is -0.506 e. The van der Waals surface area contributed by atoms with Crippen molar-refractivity contribution in [2.45, 2.75) is 11.8 Å². The van der Waals surface area contributed by atoms with Gasteiger partial charge in [0, 0.05) is 53.2 Å². The van der Waals surface area contributed by atoms with Gasteiger partial charge in [-0.25, -0.2) is 16.8 Å². The third-order valence-corrected chi connectivity index (χ3v) is 11.2. The van der Waals surface area contributed by atoms with Crippen molar-refractivity contribution in [3.8, 4) is 17.2 Å². The Bertz CT molecular complexity index is 2470. The van der Waals surface area contributed by atoms with Crippen LogP contribution in [0.25, 0.3) is 10.8 Å². The van der Waals surface area contributed by atoms with Crippen LogP contribution < -0.4 is 15.0 Å². The molecule has 5 rings (SSSR count). The number of anilines is 2. The van der Waals surface area contributed by atoms with Gasteiger partial charge in [0.1, 0.15) is 33.5 Å². The molecule has 0 saturated carbocycles. The van der Waals surface area contributed by atoms with Gasteiger partial charge in [0.05, 0.1) is 30.0 Å². The Hall–Kier alpha value is -6.13.